The molecule has 5 rings (SSSR count). The number of halogens is 2. The summed E-state index contributed by atoms with van der Waals surface area (Å²) in [6.07, 6.45) is 2.62. The number of likely N-dealkylation sites (tertiary alicyclic amines) is 2. The summed E-state index contributed by atoms with van der Waals surface area (Å²) < 4.78 is 38.4. The average Bonchev–Trinajstić information content (AvgIpc) is 3.36. The summed E-state index contributed by atoms with van der Waals surface area (Å²) in [5.41, 5.74) is 0.124. The molecule has 0 aromatic heterocycles. The number of rotatable bonds is 4. The van der Waals surface area contributed by atoms with Gasteiger partial charge in [0, 0.05) is 32.5 Å². The third-order valence-corrected chi connectivity index (χ3v) is 6.78. The van der Waals surface area contributed by atoms with Crippen molar-refractivity contribution in [1.82, 2.24) is 9.80 Å². The zero-order chi connectivity index (χ0) is 21.1. The Hall–Kier alpha value is -2.48. The van der Waals surface area contributed by atoms with E-state index in [-0.39, 0.29) is 37.7 Å². The van der Waals surface area contributed by atoms with E-state index in [1.807, 2.05) is 36.4 Å². The number of ether oxygens (including phenoxy) is 2. The van der Waals surface area contributed by atoms with Crippen molar-refractivity contribution >= 4 is 11.8 Å². The largest absolute Gasteiger partial charge is 0.497 e. The van der Waals surface area contributed by atoms with E-state index in [1.54, 1.807) is 12.0 Å². The van der Waals surface area contributed by atoms with E-state index in [0.717, 1.165) is 5.56 Å². The first kappa shape index (κ1) is 19.5. The molecule has 0 radical (unpaired) electrons. The third-order valence-electron chi connectivity index (χ3n) is 6.78. The zero-order valence-electron chi connectivity index (χ0n) is 16.7. The van der Waals surface area contributed by atoms with Gasteiger partial charge in [-0.25, -0.2) is 8.78 Å². The molecule has 8 heteroatoms. The first-order chi connectivity index (χ1) is 14.3. The summed E-state index contributed by atoms with van der Waals surface area (Å²) >= 11 is 0. The van der Waals surface area contributed by atoms with Gasteiger partial charge >= 0.3 is 0 Å². The lowest BCUT2D eigenvalue weighted by Gasteiger charge is -2.35. The molecule has 0 unspecified atom stereocenters. The lowest BCUT2D eigenvalue weighted by molar-refractivity contribution is -0.147. The van der Waals surface area contributed by atoms with Crippen LogP contribution in [-0.2, 0) is 20.9 Å². The van der Waals surface area contributed by atoms with E-state index in [2.05, 4.69) is 0 Å². The van der Waals surface area contributed by atoms with E-state index in [9.17, 15) is 18.4 Å². The van der Waals surface area contributed by atoms with Crippen LogP contribution < -0.4 is 4.74 Å². The van der Waals surface area contributed by atoms with Crippen molar-refractivity contribution in [3.63, 3.8) is 0 Å². The fraction of sp³-hybridized carbons (Fsp3) is 0.545. The van der Waals surface area contributed by atoms with Crippen LogP contribution in [0.4, 0.5) is 8.78 Å². The normalized spacial score (nSPS) is 33.8. The lowest BCUT2D eigenvalue weighted by Crippen LogP contribution is -2.50. The standard InChI is InChI=1S/C22H24F2N2O4/c1-29-15-4-2-3-14(11-15)12-26-13-21-6-5-16(30-21)17(18(21)20(26)28)19(27)25-9-7-22(23,24)8-10-25/h2-6,11,16-18H,7-10,12-13H2,1H3/t16-,17-,18+,21-/m0/s1. The number of amides is 2. The van der Waals surface area contributed by atoms with Crippen molar-refractivity contribution in [2.75, 3.05) is 26.7 Å². The van der Waals surface area contributed by atoms with E-state index >= 15 is 0 Å². The molecule has 3 saturated heterocycles. The molecule has 30 heavy (non-hydrogen) atoms. The minimum Gasteiger partial charge on any atom is -0.497 e. The second kappa shape index (κ2) is 6.77. The Bertz CT molecular complexity index is 910. The number of carbonyl (C=O) groups is 2. The van der Waals surface area contributed by atoms with Crippen molar-refractivity contribution in [3.8, 4) is 5.75 Å². The number of benzene rings is 1. The molecule has 1 aromatic rings. The smallest absolute Gasteiger partial charge is 0.251 e. The molecule has 2 bridgehead atoms. The number of hydrogen-bond donors (Lipinski definition) is 0. The minimum absolute atomic E-state index is 0.0141. The summed E-state index contributed by atoms with van der Waals surface area (Å²) in [6, 6.07) is 7.51. The van der Waals surface area contributed by atoms with Crippen LogP contribution in [0.1, 0.15) is 18.4 Å². The predicted molar refractivity (Wildman–Crippen MR) is 103 cm³/mol. The maximum atomic E-state index is 13.5. The van der Waals surface area contributed by atoms with Crippen LogP contribution in [0.2, 0.25) is 0 Å². The monoisotopic (exact) mass is 418 g/mol. The van der Waals surface area contributed by atoms with Gasteiger partial charge in [-0.1, -0.05) is 24.3 Å². The number of fused-ring (bicyclic) bond motifs is 1. The first-order valence-electron chi connectivity index (χ1n) is 10.3. The first-order valence-corrected chi connectivity index (χ1v) is 10.3. The molecular formula is C22H24F2N2O4. The fourth-order valence-electron chi connectivity index (χ4n) is 5.25. The Morgan fingerprint density at radius 3 is 2.80 bits per heavy atom. The van der Waals surface area contributed by atoms with Crippen molar-refractivity contribution in [3.05, 3.63) is 42.0 Å². The molecule has 1 aromatic carbocycles. The molecule has 4 atom stereocenters. The third kappa shape index (κ3) is 3.00. The van der Waals surface area contributed by atoms with Crippen molar-refractivity contribution in [2.45, 2.75) is 37.0 Å². The van der Waals surface area contributed by atoms with Crippen molar-refractivity contribution in [1.29, 1.82) is 0 Å². The van der Waals surface area contributed by atoms with Crippen LogP contribution in [0.25, 0.3) is 0 Å². The van der Waals surface area contributed by atoms with Gasteiger partial charge in [0.25, 0.3) is 5.92 Å². The Kier molecular flexibility index (Phi) is 4.39. The summed E-state index contributed by atoms with van der Waals surface area (Å²) in [6.45, 7) is 0.802. The molecule has 3 fully saturated rings. The highest BCUT2D eigenvalue weighted by Gasteiger charge is 2.67. The van der Waals surface area contributed by atoms with E-state index in [0.29, 0.717) is 18.8 Å². The highest BCUT2D eigenvalue weighted by atomic mass is 19.3. The van der Waals surface area contributed by atoms with Gasteiger partial charge in [-0.3, -0.25) is 9.59 Å². The molecule has 4 aliphatic rings. The SMILES string of the molecule is COc1cccc(CN2C[C@]34C=C[C@H](O3)[C@H](C(=O)N3CCC(F)(F)CC3)[C@@H]4C2=O)c1. The van der Waals surface area contributed by atoms with E-state index in [1.165, 1.54) is 4.90 Å². The van der Waals surface area contributed by atoms with Gasteiger partial charge in [-0.15, -0.1) is 0 Å². The number of alkyl halides is 2. The molecule has 0 saturated carbocycles. The maximum Gasteiger partial charge on any atom is 0.251 e. The maximum absolute atomic E-state index is 13.5. The molecule has 4 heterocycles. The fourth-order valence-corrected chi connectivity index (χ4v) is 5.25. The Balaban J connectivity index is 1.35. The molecule has 2 amide bonds. The van der Waals surface area contributed by atoms with Gasteiger partial charge < -0.3 is 19.3 Å². The number of methoxy groups -OCH3 is 1. The summed E-state index contributed by atoms with van der Waals surface area (Å²) in [7, 11) is 1.59. The highest BCUT2D eigenvalue weighted by molar-refractivity contribution is 5.93. The molecule has 1 spiro atoms. The van der Waals surface area contributed by atoms with Crippen LogP contribution in [0.3, 0.4) is 0 Å². The van der Waals surface area contributed by atoms with Crippen LogP contribution in [0.5, 0.6) is 5.75 Å². The second-order valence-corrected chi connectivity index (χ2v) is 8.63. The van der Waals surface area contributed by atoms with Crippen LogP contribution in [-0.4, -0.2) is 66.0 Å². The number of nitrogens with zero attached hydrogens (tertiary/aromatic N) is 2. The van der Waals surface area contributed by atoms with Gasteiger partial charge in [-0.2, -0.15) is 0 Å². The Morgan fingerprint density at radius 1 is 1.30 bits per heavy atom. The van der Waals surface area contributed by atoms with Crippen LogP contribution in [0.15, 0.2) is 36.4 Å². The number of piperidine rings is 1. The summed E-state index contributed by atoms with van der Waals surface area (Å²) in [5, 5.41) is 0. The zero-order valence-corrected chi connectivity index (χ0v) is 16.7. The Labute approximate surface area is 173 Å². The predicted octanol–water partition coefficient (Wildman–Crippen LogP) is 2.23. The van der Waals surface area contributed by atoms with Crippen molar-refractivity contribution in [2.24, 2.45) is 11.8 Å². The molecule has 6 nitrogen and oxygen atoms in total. The Morgan fingerprint density at radius 2 is 2.07 bits per heavy atom. The molecule has 4 aliphatic heterocycles. The van der Waals surface area contributed by atoms with Gasteiger partial charge in [0.2, 0.25) is 11.8 Å². The lowest BCUT2D eigenvalue weighted by atomic mass is 9.76. The molecule has 160 valence electrons. The summed E-state index contributed by atoms with van der Waals surface area (Å²) in [4.78, 5) is 29.7. The van der Waals surface area contributed by atoms with Gasteiger partial charge in [-0.05, 0) is 17.7 Å². The van der Waals surface area contributed by atoms with Gasteiger partial charge in [0.1, 0.15) is 11.4 Å². The van der Waals surface area contributed by atoms with E-state index in [4.69, 9.17) is 9.47 Å². The topological polar surface area (TPSA) is 59.1 Å². The number of hydrogen-bond acceptors (Lipinski definition) is 4. The second-order valence-electron chi connectivity index (χ2n) is 8.63. The molecular weight excluding hydrogens is 394 g/mol. The van der Waals surface area contributed by atoms with Crippen LogP contribution in [0, 0.1) is 11.8 Å². The van der Waals surface area contributed by atoms with Crippen molar-refractivity contribution < 1.29 is 27.8 Å². The van der Waals surface area contributed by atoms with Gasteiger partial charge in [0.15, 0.2) is 0 Å². The van der Waals surface area contributed by atoms with E-state index < -0.39 is 29.5 Å². The van der Waals surface area contributed by atoms with Gasteiger partial charge in [0.05, 0.1) is 31.6 Å². The minimum atomic E-state index is -2.72. The highest BCUT2D eigenvalue weighted by Crippen LogP contribution is 2.52. The molecule has 0 aliphatic carbocycles. The average molecular weight is 418 g/mol. The quantitative estimate of drug-likeness (QED) is 0.704. The number of carbonyl (C=O) groups excluding carboxylic acids is 2. The summed E-state index contributed by atoms with van der Waals surface area (Å²) in [5.74, 6) is -3.63. The van der Waals surface area contributed by atoms with Crippen LogP contribution >= 0.6 is 0 Å². The molecule has 0 N–H and O–H groups in total.